The van der Waals surface area contributed by atoms with Crippen LogP contribution in [0.25, 0.3) is 0 Å². The molecule has 1 aliphatic heterocycles. The predicted octanol–water partition coefficient (Wildman–Crippen LogP) is 2.37. The highest BCUT2D eigenvalue weighted by atomic mass is 16.6. The number of benzene rings is 1. The molecule has 0 unspecified atom stereocenters. The molecule has 1 saturated carbocycles. The summed E-state index contributed by atoms with van der Waals surface area (Å²) in [5, 5.41) is 4.20. The average molecular weight is 260 g/mol. The molecule has 0 bridgehead atoms. The summed E-state index contributed by atoms with van der Waals surface area (Å²) >= 11 is 0. The lowest BCUT2D eigenvalue weighted by Gasteiger charge is -2.18. The summed E-state index contributed by atoms with van der Waals surface area (Å²) in [5.74, 6) is 1.61. The zero-order valence-electron chi connectivity index (χ0n) is 10.6. The Morgan fingerprint density at radius 2 is 1.84 bits per heavy atom. The Morgan fingerprint density at radius 1 is 1.05 bits per heavy atom. The van der Waals surface area contributed by atoms with Gasteiger partial charge < -0.3 is 9.47 Å². The van der Waals surface area contributed by atoms with Gasteiger partial charge in [0.1, 0.15) is 18.9 Å². The highest BCUT2D eigenvalue weighted by Crippen LogP contribution is 2.32. The van der Waals surface area contributed by atoms with E-state index < -0.39 is 0 Å². The monoisotopic (exact) mass is 260 g/mol. The van der Waals surface area contributed by atoms with Gasteiger partial charge in [-0.3, -0.25) is 10.2 Å². The van der Waals surface area contributed by atoms with Crippen molar-refractivity contribution in [2.75, 3.05) is 18.6 Å². The second kappa shape index (κ2) is 5.30. The van der Waals surface area contributed by atoms with E-state index in [0.717, 1.165) is 30.7 Å². The van der Waals surface area contributed by atoms with Crippen LogP contribution in [-0.2, 0) is 4.79 Å². The smallest absolute Gasteiger partial charge is 0.178 e. The second-order valence-corrected chi connectivity index (χ2v) is 4.66. The van der Waals surface area contributed by atoms with Gasteiger partial charge in [-0.05, 0) is 31.4 Å². The van der Waals surface area contributed by atoms with Crippen LogP contribution >= 0.6 is 0 Å². The Morgan fingerprint density at radius 3 is 2.68 bits per heavy atom. The third-order valence-electron chi connectivity index (χ3n) is 3.25. The minimum absolute atomic E-state index is 0.149. The van der Waals surface area contributed by atoms with Crippen LogP contribution in [0.5, 0.6) is 11.5 Å². The van der Waals surface area contributed by atoms with Gasteiger partial charge in [0, 0.05) is 12.5 Å². The largest absolute Gasteiger partial charge is 0.486 e. The van der Waals surface area contributed by atoms with Crippen LogP contribution < -0.4 is 14.9 Å². The van der Waals surface area contributed by atoms with Gasteiger partial charge in [0.25, 0.3) is 0 Å². The fourth-order valence-electron chi connectivity index (χ4n) is 2.22. The van der Waals surface area contributed by atoms with E-state index in [1.165, 1.54) is 0 Å². The first-order valence-corrected chi connectivity index (χ1v) is 6.58. The van der Waals surface area contributed by atoms with Crippen LogP contribution in [0.4, 0.5) is 5.69 Å². The van der Waals surface area contributed by atoms with E-state index in [1.54, 1.807) is 0 Å². The van der Waals surface area contributed by atoms with Gasteiger partial charge in [-0.25, -0.2) is 0 Å². The fraction of sp³-hybridized carbons (Fsp3) is 0.429. The summed E-state index contributed by atoms with van der Waals surface area (Å²) in [6, 6.07) is 5.55. The highest BCUT2D eigenvalue weighted by Gasteiger charge is 2.16. The van der Waals surface area contributed by atoms with Gasteiger partial charge in [0.05, 0.1) is 5.69 Å². The molecule has 19 heavy (non-hydrogen) atoms. The first-order valence-electron chi connectivity index (χ1n) is 6.58. The Kier molecular flexibility index (Phi) is 3.35. The maximum atomic E-state index is 11.6. The normalized spacial score (nSPS) is 20.4. The zero-order valence-corrected chi connectivity index (χ0v) is 10.6. The van der Waals surface area contributed by atoms with Crippen LogP contribution in [0.2, 0.25) is 0 Å². The quantitative estimate of drug-likeness (QED) is 0.829. The molecule has 5 nitrogen and oxygen atoms in total. The molecule has 3 rings (SSSR count). The number of Topliss-reactive ketones (excluding diaryl/α,β-unsaturated/α-hetero) is 1. The lowest BCUT2D eigenvalue weighted by atomic mass is 9.97. The van der Waals surface area contributed by atoms with Crippen molar-refractivity contribution in [2.45, 2.75) is 25.7 Å². The number of hydrogen-bond acceptors (Lipinski definition) is 5. The predicted molar refractivity (Wildman–Crippen MR) is 72.0 cm³/mol. The van der Waals surface area contributed by atoms with Crippen LogP contribution in [0, 0.1) is 0 Å². The Balaban J connectivity index is 1.73. The SMILES string of the molecule is O=C1CCCC/C1=N\Nc1ccc2c(c1)OCCO2. The van der Waals surface area contributed by atoms with Crippen molar-refractivity contribution in [1.82, 2.24) is 0 Å². The Bertz CT molecular complexity index is 525. The molecule has 1 aromatic carbocycles. The van der Waals surface area contributed by atoms with E-state index in [4.69, 9.17) is 9.47 Å². The lowest BCUT2D eigenvalue weighted by molar-refractivity contribution is -0.113. The number of fused-ring (bicyclic) bond motifs is 1. The standard InChI is InChI=1S/C14H16N2O3/c17-12-4-2-1-3-11(12)16-15-10-5-6-13-14(9-10)19-8-7-18-13/h5-6,9,15H,1-4,7-8H2/b16-11+. The molecule has 1 aromatic rings. The molecule has 0 spiro atoms. The number of nitrogens with one attached hydrogen (secondary N) is 1. The minimum Gasteiger partial charge on any atom is -0.486 e. The van der Waals surface area contributed by atoms with Gasteiger partial charge >= 0.3 is 0 Å². The van der Waals surface area contributed by atoms with Gasteiger partial charge in [0.15, 0.2) is 17.3 Å². The molecule has 1 N–H and O–H groups in total. The number of ketones is 1. The topological polar surface area (TPSA) is 59.9 Å². The fourth-order valence-corrected chi connectivity index (χ4v) is 2.22. The van der Waals surface area contributed by atoms with Gasteiger partial charge in [-0.2, -0.15) is 5.10 Å². The summed E-state index contributed by atoms with van der Waals surface area (Å²) in [7, 11) is 0. The molecule has 0 saturated heterocycles. The van der Waals surface area contributed by atoms with Crippen LogP contribution in [-0.4, -0.2) is 24.7 Å². The third kappa shape index (κ3) is 2.70. The number of hydrazone groups is 1. The van der Waals surface area contributed by atoms with E-state index in [2.05, 4.69) is 10.5 Å². The summed E-state index contributed by atoms with van der Waals surface area (Å²) < 4.78 is 10.9. The molecule has 0 aromatic heterocycles. The van der Waals surface area contributed by atoms with Crippen LogP contribution in [0.1, 0.15) is 25.7 Å². The molecule has 0 radical (unpaired) electrons. The van der Waals surface area contributed by atoms with Crippen molar-refractivity contribution < 1.29 is 14.3 Å². The number of anilines is 1. The average Bonchev–Trinajstić information content (AvgIpc) is 2.46. The van der Waals surface area contributed by atoms with Crippen LogP contribution in [0.3, 0.4) is 0 Å². The zero-order chi connectivity index (χ0) is 13.1. The van der Waals surface area contributed by atoms with Crippen LogP contribution in [0.15, 0.2) is 23.3 Å². The maximum Gasteiger partial charge on any atom is 0.178 e. The number of carbonyl (C=O) groups is 1. The molecule has 0 amide bonds. The number of carbonyl (C=O) groups excluding carboxylic acids is 1. The molecule has 5 heteroatoms. The number of hydrogen-bond donors (Lipinski definition) is 1. The minimum atomic E-state index is 0.149. The molecule has 1 aliphatic carbocycles. The van der Waals surface area contributed by atoms with Gasteiger partial charge in [-0.1, -0.05) is 0 Å². The molecule has 100 valence electrons. The number of ether oxygens (including phenoxy) is 2. The van der Waals surface area contributed by atoms with E-state index >= 15 is 0 Å². The second-order valence-electron chi connectivity index (χ2n) is 4.66. The summed E-state index contributed by atoms with van der Waals surface area (Å²) in [6.07, 6.45) is 3.38. The molecule has 2 aliphatic rings. The third-order valence-corrected chi connectivity index (χ3v) is 3.25. The molecular weight excluding hydrogens is 244 g/mol. The Labute approximate surface area is 111 Å². The van der Waals surface area contributed by atoms with Crippen molar-refractivity contribution in [2.24, 2.45) is 5.10 Å². The first kappa shape index (κ1) is 12.0. The lowest BCUT2D eigenvalue weighted by Crippen LogP contribution is -2.20. The summed E-state index contributed by atoms with van der Waals surface area (Å²) in [5.41, 5.74) is 4.37. The highest BCUT2D eigenvalue weighted by molar-refractivity contribution is 6.40. The van der Waals surface area contributed by atoms with E-state index in [9.17, 15) is 4.79 Å². The van der Waals surface area contributed by atoms with E-state index in [0.29, 0.717) is 31.1 Å². The van der Waals surface area contributed by atoms with Crippen molar-refractivity contribution in [1.29, 1.82) is 0 Å². The summed E-state index contributed by atoms with van der Waals surface area (Å²) in [4.78, 5) is 11.6. The van der Waals surface area contributed by atoms with Crippen molar-refractivity contribution in [3.63, 3.8) is 0 Å². The van der Waals surface area contributed by atoms with Crippen molar-refractivity contribution in [3.05, 3.63) is 18.2 Å². The summed E-state index contributed by atoms with van der Waals surface area (Å²) in [6.45, 7) is 1.14. The maximum absolute atomic E-state index is 11.6. The van der Waals surface area contributed by atoms with Crippen molar-refractivity contribution >= 4 is 17.2 Å². The number of rotatable bonds is 2. The number of nitrogens with zero attached hydrogens (tertiary/aromatic N) is 1. The van der Waals surface area contributed by atoms with Gasteiger partial charge in [-0.15, -0.1) is 0 Å². The van der Waals surface area contributed by atoms with Crippen molar-refractivity contribution in [3.8, 4) is 11.5 Å². The first-order chi connectivity index (χ1) is 9.33. The van der Waals surface area contributed by atoms with E-state index in [-0.39, 0.29) is 5.78 Å². The molecule has 1 fully saturated rings. The molecular formula is C14H16N2O3. The van der Waals surface area contributed by atoms with Gasteiger partial charge in [0.2, 0.25) is 0 Å². The Hall–Kier alpha value is -2.04. The molecule has 1 heterocycles. The molecule has 0 atom stereocenters. The van der Waals surface area contributed by atoms with E-state index in [1.807, 2.05) is 18.2 Å².